The van der Waals surface area contributed by atoms with Crippen LogP contribution in [0.15, 0.2) is 36.4 Å². The topological polar surface area (TPSA) is 35.2 Å². The van der Waals surface area contributed by atoms with Crippen molar-refractivity contribution >= 4 is 11.6 Å². The van der Waals surface area contributed by atoms with Crippen LogP contribution in [0.25, 0.3) is 0 Å². The number of halogens is 2. The number of nitrogens with two attached hydrogens (primary N) is 1. The highest BCUT2D eigenvalue weighted by molar-refractivity contribution is 6.30. The summed E-state index contributed by atoms with van der Waals surface area (Å²) in [6.07, 6.45) is 0. The van der Waals surface area contributed by atoms with Crippen molar-refractivity contribution in [3.8, 4) is 11.5 Å². The number of aryl methyl sites for hydroxylation is 1. The van der Waals surface area contributed by atoms with E-state index >= 15 is 0 Å². The van der Waals surface area contributed by atoms with E-state index < -0.39 is 5.82 Å². The average molecular weight is 266 g/mol. The summed E-state index contributed by atoms with van der Waals surface area (Å²) in [5, 5.41) is 0.523. The van der Waals surface area contributed by atoms with E-state index in [-0.39, 0.29) is 5.75 Å². The largest absolute Gasteiger partial charge is 0.454 e. The van der Waals surface area contributed by atoms with Gasteiger partial charge in [-0.1, -0.05) is 23.7 Å². The molecule has 18 heavy (non-hydrogen) atoms. The maximum atomic E-state index is 13.6. The predicted molar refractivity (Wildman–Crippen MR) is 70.6 cm³/mol. The zero-order valence-electron chi connectivity index (χ0n) is 9.91. The molecule has 0 aliphatic rings. The van der Waals surface area contributed by atoms with Gasteiger partial charge in [0.1, 0.15) is 5.75 Å². The summed E-state index contributed by atoms with van der Waals surface area (Å²) in [7, 11) is 0. The molecule has 0 radical (unpaired) electrons. The Hall–Kier alpha value is -1.58. The minimum Gasteiger partial charge on any atom is -0.454 e. The van der Waals surface area contributed by atoms with E-state index in [0.29, 0.717) is 17.3 Å². The Morgan fingerprint density at radius 1 is 1.17 bits per heavy atom. The van der Waals surface area contributed by atoms with Crippen molar-refractivity contribution in [3.05, 3.63) is 58.4 Å². The average Bonchev–Trinajstić information content (AvgIpc) is 2.34. The molecule has 0 amide bonds. The fraction of sp³-hybridized carbons (Fsp3) is 0.143. The fourth-order valence-electron chi connectivity index (χ4n) is 1.60. The highest BCUT2D eigenvalue weighted by atomic mass is 35.5. The predicted octanol–water partition coefficient (Wildman–Crippen LogP) is 4.04. The monoisotopic (exact) mass is 265 g/mol. The van der Waals surface area contributed by atoms with Crippen LogP contribution >= 0.6 is 11.6 Å². The van der Waals surface area contributed by atoms with Crippen LogP contribution in [0.5, 0.6) is 11.5 Å². The number of hydrogen-bond donors (Lipinski definition) is 1. The third-order valence-electron chi connectivity index (χ3n) is 2.56. The molecule has 94 valence electrons. The van der Waals surface area contributed by atoms with Gasteiger partial charge in [-0.2, -0.15) is 0 Å². The molecule has 0 saturated heterocycles. The molecule has 0 saturated carbocycles. The van der Waals surface area contributed by atoms with Crippen LogP contribution in [0.2, 0.25) is 5.02 Å². The Morgan fingerprint density at radius 2 is 1.94 bits per heavy atom. The van der Waals surface area contributed by atoms with E-state index in [1.165, 1.54) is 6.07 Å². The number of benzene rings is 2. The van der Waals surface area contributed by atoms with Gasteiger partial charge in [-0.3, -0.25) is 0 Å². The smallest absolute Gasteiger partial charge is 0.165 e. The highest BCUT2D eigenvalue weighted by Gasteiger charge is 2.09. The number of ether oxygens (including phenoxy) is 1. The van der Waals surface area contributed by atoms with Crippen molar-refractivity contribution in [3.63, 3.8) is 0 Å². The summed E-state index contributed by atoms with van der Waals surface area (Å²) in [5.74, 6) is 0.241. The van der Waals surface area contributed by atoms with Crippen LogP contribution in [0.1, 0.15) is 11.1 Å². The molecule has 0 aliphatic carbocycles. The van der Waals surface area contributed by atoms with E-state index in [1.807, 2.05) is 6.92 Å². The van der Waals surface area contributed by atoms with Gasteiger partial charge in [0, 0.05) is 17.1 Å². The molecule has 0 aliphatic heterocycles. The second kappa shape index (κ2) is 5.38. The summed E-state index contributed by atoms with van der Waals surface area (Å²) in [5.41, 5.74) is 7.30. The minimum absolute atomic E-state index is 0.173. The lowest BCUT2D eigenvalue weighted by molar-refractivity contribution is 0.437. The third kappa shape index (κ3) is 2.81. The van der Waals surface area contributed by atoms with Gasteiger partial charge in [-0.15, -0.1) is 0 Å². The van der Waals surface area contributed by atoms with Crippen LogP contribution in [0.3, 0.4) is 0 Å². The standard InChI is InChI=1S/C14H13ClFNO/c1-9-2-5-12(16)14(6-9)18-13-7-11(15)4-3-10(13)8-17/h2-7H,8,17H2,1H3. The van der Waals surface area contributed by atoms with Gasteiger partial charge in [-0.05, 0) is 36.8 Å². The van der Waals surface area contributed by atoms with E-state index in [1.54, 1.807) is 30.3 Å². The molecule has 2 nitrogen and oxygen atoms in total. The van der Waals surface area contributed by atoms with Gasteiger partial charge in [0.05, 0.1) is 0 Å². The molecule has 2 rings (SSSR count). The van der Waals surface area contributed by atoms with Crippen LogP contribution in [-0.2, 0) is 6.54 Å². The summed E-state index contributed by atoms with van der Waals surface area (Å²) >= 11 is 5.90. The zero-order valence-corrected chi connectivity index (χ0v) is 10.7. The SMILES string of the molecule is Cc1ccc(F)c(Oc2cc(Cl)ccc2CN)c1. The molecule has 0 spiro atoms. The Labute approximate surface area is 110 Å². The Morgan fingerprint density at radius 3 is 2.67 bits per heavy atom. The van der Waals surface area contributed by atoms with Crippen LogP contribution in [0.4, 0.5) is 4.39 Å². The molecule has 2 aromatic rings. The summed E-state index contributed by atoms with van der Waals surface area (Å²) < 4.78 is 19.2. The van der Waals surface area contributed by atoms with Crippen molar-refractivity contribution in [1.29, 1.82) is 0 Å². The first-order chi connectivity index (χ1) is 8.60. The van der Waals surface area contributed by atoms with E-state index in [4.69, 9.17) is 22.1 Å². The van der Waals surface area contributed by atoms with Crippen molar-refractivity contribution < 1.29 is 9.13 Å². The van der Waals surface area contributed by atoms with Crippen molar-refractivity contribution in [2.24, 2.45) is 5.73 Å². The summed E-state index contributed by atoms with van der Waals surface area (Å²) in [6.45, 7) is 2.17. The molecule has 0 fully saturated rings. The molecule has 0 atom stereocenters. The molecule has 2 aromatic carbocycles. The van der Waals surface area contributed by atoms with Crippen LogP contribution in [0, 0.1) is 12.7 Å². The quantitative estimate of drug-likeness (QED) is 0.909. The summed E-state index contributed by atoms with van der Waals surface area (Å²) in [4.78, 5) is 0. The second-order valence-corrected chi connectivity index (χ2v) is 4.43. The van der Waals surface area contributed by atoms with Crippen molar-refractivity contribution in [2.75, 3.05) is 0 Å². The van der Waals surface area contributed by atoms with Gasteiger partial charge < -0.3 is 10.5 Å². The van der Waals surface area contributed by atoms with Gasteiger partial charge in [0.15, 0.2) is 11.6 Å². The molecular formula is C14H13ClFNO. The molecule has 0 bridgehead atoms. The van der Waals surface area contributed by atoms with E-state index in [2.05, 4.69) is 0 Å². The van der Waals surface area contributed by atoms with Gasteiger partial charge in [0.2, 0.25) is 0 Å². The van der Waals surface area contributed by atoms with E-state index in [9.17, 15) is 4.39 Å². The molecule has 2 N–H and O–H groups in total. The molecule has 0 aromatic heterocycles. The lowest BCUT2D eigenvalue weighted by atomic mass is 10.2. The first-order valence-corrected chi connectivity index (χ1v) is 5.90. The van der Waals surface area contributed by atoms with Crippen molar-refractivity contribution in [2.45, 2.75) is 13.5 Å². The Bertz CT molecular complexity index is 572. The second-order valence-electron chi connectivity index (χ2n) is 3.99. The third-order valence-corrected chi connectivity index (χ3v) is 2.79. The molecule has 4 heteroatoms. The first kappa shape index (κ1) is 12.9. The number of rotatable bonds is 3. The van der Waals surface area contributed by atoms with Gasteiger partial charge >= 0.3 is 0 Å². The lowest BCUT2D eigenvalue weighted by Crippen LogP contribution is -2.00. The highest BCUT2D eigenvalue weighted by Crippen LogP contribution is 2.30. The fourth-order valence-corrected chi connectivity index (χ4v) is 1.76. The lowest BCUT2D eigenvalue weighted by Gasteiger charge is -2.11. The normalized spacial score (nSPS) is 10.4. The zero-order chi connectivity index (χ0) is 13.1. The molecule has 0 unspecified atom stereocenters. The first-order valence-electron chi connectivity index (χ1n) is 5.52. The van der Waals surface area contributed by atoms with Gasteiger partial charge in [0.25, 0.3) is 0 Å². The van der Waals surface area contributed by atoms with E-state index in [0.717, 1.165) is 11.1 Å². The molecule has 0 heterocycles. The Balaban J connectivity index is 2.38. The van der Waals surface area contributed by atoms with Crippen molar-refractivity contribution in [1.82, 2.24) is 0 Å². The minimum atomic E-state index is -0.413. The number of hydrogen-bond acceptors (Lipinski definition) is 2. The summed E-state index contributed by atoms with van der Waals surface area (Å²) in [6, 6.07) is 9.82. The maximum absolute atomic E-state index is 13.6. The van der Waals surface area contributed by atoms with Gasteiger partial charge in [-0.25, -0.2) is 4.39 Å². The van der Waals surface area contributed by atoms with Crippen LogP contribution < -0.4 is 10.5 Å². The van der Waals surface area contributed by atoms with Crippen LogP contribution in [-0.4, -0.2) is 0 Å². The Kier molecular flexibility index (Phi) is 3.84. The maximum Gasteiger partial charge on any atom is 0.165 e. The molecular weight excluding hydrogens is 253 g/mol.